The highest BCUT2D eigenvalue weighted by Gasteiger charge is 2.38. The zero-order valence-electron chi connectivity index (χ0n) is 16.5. The molecule has 2 aromatic rings. The largest absolute Gasteiger partial charge is 0.344 e. The first kappa shape index (κ1) is 19.9. The Kier molecular flexibility index (Phi) is 5.58. The van der Waals surface area contributed by atoms with Crippen molar-refractivity contribution in [2.24, 2.45) is 0 Å². The fourth-order valence-electron chi connectivity index (χ4n) is 3.77. The van der Waals surface area contributed by atoms with Crippen LogP contribution in [0.3, 0.4) is 0 Å². The van der Waals surface area contributed by atoms with Gasteiger partial charge in [-0.3, -0.25) is 9.69 Å². The first-order chi connectivity index (χ1) is 14.0. The van der Waals surface area contributed by atoms with Crippen molar-refractivity contribution in [3.8, 4) is 6.07 Å². The quantitative estimate of drug-likeness (QED) is 0.660. The van der Waals surface area contributed by atoms with Gasteiger partial charge >= 0.3 is 0 Å². The van der Waals surface area contributed by atoms with Crippen LogP contribution in [0, 0.1) is 18.3 Å². The van der Waals surface area contributed by atoms with E-state index >= 15 is 0 Å². The van der Waals surface area contributed by atoms with E-state index in [0.717, 1.165) is 28.3 Å². The average molecular weight is 424 g/mol. The molecule has 2 aromatic carbocycles. The summed E-state index contributed by atoms with van der Waals surface area (Å²) in [6, 6.07) is 16.6. The van der Waals surface area contributed by atoms with Crippen LogP contribution in [0.5, 0.6) is 0 Å². The van der Waals surface area contributed by atoms with Crippen molar-refractivity contribution < 1.29 is 4.79 Å². The Balaban J connectivity index is 1.64. The van der Waals surface area contributed by atoms with Gasteiger partial charge in [0, 0.05) is 23.0 Å². The summed E-state index contributed by atoms with van der Waals surface area (Å²) in [5.41, 5.74) is 4.99. The average Bonchev–Trinajstić information content (AvgIpc) is 2.75. The van der Waals surface area contributed by atoms with Gasteiger partial charge in [0.1, 0.15) is 0 Å². The number of carbonyl (C=O) groups excluding carboxylic acids is 1. The van der Waals surface area contributed by atoms with Gasteiger partial charge in [-0.05, 0) is 42.2 Å². The molecule has 0 aromatic heterocycles. The van der Waals surface area contributed by atoms with Crippen LogP contribution in [0.4, 0.5) is 5.69 Å². The third-order valence-corrected chi connectivity index (χ3v) is 7.17. The molecule has 0 aliphatic carbocycles. The fourth-order valence-corrected chi connectivity index (χ4v) is 5.12. The molecule has 4 rings (SSSR count). The number of rotatable bonds is 3. The van der Waals surface area contributed by atoms with Gasteiger partial charge < -0.3 is 4.90 Å². The lowest BCUT2D eigenvalue weighted by Crippen LogP contribution is -2.47. The smallest absolute Gasteiger partial charge is 0.229 e. The summed E-state index contributed by atoms with van der Waals surface area (Å²) in [4.78, 5) is 16.9. The Bertz CT molecular complexity index is 1030. The molecule has 0 saturated carbocycles. The number of thioether (sulfide) groups is 1. The SMILES string of the molecule is CCc1ccc(C2CC(=O)N3CN(c4ccc(C)c(Cl)c4)CSC3=C2C#N)cc1. The highest BCUT2D eigenvalue weighted by Crippen LogP contribution is 2.43. The fraction of sp³-hybridized carbons (Fsp3) is 0.304. The standard InChI is InChI=1S/C23H22ClN3OS/c1-3-16-5-7-17(8-6-16)19-11-22(28)27-13-26(14-29-23(27)20(19)12-25)18-9-4-15(2)21(24)10-18/h4-10,19H,3,11,13-14H2,1-2H3. The lowest BCUT2D eigenvalue weighted by atomic mass is 9.86. The van der Waals surface area contributed by atoms with Crippen molar-refractivity contribution in [1.29, 1.82) is 5.26 Å². The van der Waals surface area contributed by atoms with Gasteiger partial charge in [0.15, 0.2) is 0 Å². The molecule has 4 nitrogen and oxygen atoms in total. The number of fused-ring (bicyclic) bond motifs is 1. The number of nitriles is 1. The Morgan fingerprint density at radius 2 is 2.00 bits per heavy atom. The zero-order valence-corrected chi connectivity index (χ0v) is 18.1. The first-order valence-corrected chi connectivity index (χ1v) is 11.1. The minimum atomic E-state index is -0.169. The number of hydrogen-bond acceptors (Lipinski definition) is 4. The summed E-state index contributed by atoms with van der Waals surface area (Å²) in [5.74, 6) is 0.557. The number of amides is 1. The maximum Gasteiger partial charge on any atom is 0.229 e. The third kappa shape index (κ3) is 3.75. The van der Waals surface area contributed by atoms with Crippen LogP contribution in [-0.4, -0.2) is 23.4 Å². The van der Waals surface area contributed by atoms with Gasteiger partial charge in [-0.25, -0.2) is 0 Å². The molecule has 1 saturated heterocycles. The number of allylic oxidation sites excluding steroid dienone is 1. The number of hydrogen-bond donors (Lipinski definition) is 0. The predicted molar refractivity (Wildman–Crippen MR) is 119 cm³/mol. The van der Waals surface area contributed by atoms with Crippen molar-refractivity contribution in [3.05, 3.63) is 74.8 Å². The molecule has 148 valence electrons. The van der Waals surface area contributed by atoms with Crippen LogP contribution in [0.25, 0.3) is 0 Å². The van der Waals surface area contributed by atoms with E-state index in [1.54, 1.807) is 16.7 Å². The molecular formula is C23H22ClN3OS. The number of nitrogens with zero attached hydrogens (tertiary/aromatic N) is 3. The molecule has 1 atom stereocenters. The molecule has 0 bridgehead atoms. The van der Waals surface area contributed by atoms with Gasteiger partial charge in [-0.15, -0.1) is 0 Å². The van der Waals surface area contributed by atoms with Crippen molar-refractivity contribution in [3.63, 3.8) is 0 Å². The molecule has 1 fully saturated rings. The molecule has 6 heteroatoms. The zero-order chi connectivity index (χ0) is 20.5. The second-order valence-electron chi connectivity index (χ2n) is 7.39. The van der Waals surface area contributed by atoms with Crippen LogP contribution >= 0.6 is 23.4 Å². The second kappa shape index (κ2) is 8.14. The van der Waals surface area contributed by atoms with Crippen molar-refractivity contribution >= 4 is 35.0 Å². The van der Waals surface area contributed by atoms with E-state index in [1.807, 2.05) is 25.1 Å². The topological polar surface area (TPSA) is 47.3 Å². The second-order valence-corrected chi connectivity index (χ2v) is 8.73. The molecular weight excluding hydrogens is 402 g/mol. The highest BCUT2D eigenvalue weighted by atomic mass is 35.5. The number of anilines is 1. The maximum absolute atomic E-state index is 13.0. The highest BCUT2D eigenvalue weighted by molar-refractivity contribution is 8.03. The van der Waals surface area contributed by atoms with Crippen molar-refractivity contribution in [1.82, 2.24) is 4.90 Å². The summed E-state index contributed by atoms with van der Waals surface area (Å²) >= 11 is 7.83. The Hall–Kier alpha value is -2.42. The number of carbonyl (C=O) groups is 1. The van der Waals surface area contributed by atoms with E-state index < -0.39 is 0 Å². The molecule has 2 aliphatic heterocycles. The van der Waals surface area contributed by atoms with Crippen molar-refractivity contribution in [2.75, 3.05) is 17.4 Å². The monoisotopic (exact) mass is 423 g/mol. The maximum atomic E-state index is 13.0. The van der Waals surface area contributed by atoms with Crippen molar-refractivity contribution in [2.45, 2.75) is 32.6 Å². The van der Waals surface area contributed by atoms with Crippen LogP contribution < -0.4 is 4.90 Å². The van der Waals surface area contributed by atoms with Gasteiger partial charge in [0.05, 0.1) is 29.2 Å². The van der Waals surface area contributed by atoms with Gasteiger partial charge in [0.25, 0.3) is 0 Å². The van der Waals surface area contributed by atoms with Gasteiger partial charge in [-0.2, -0.15) is 5.26 Å². The summed E-state index contributed by atoms with van der Waals surface area (Å²) in [7, 11) is 0. The molecule has 0 spiro atoms. The summed E-state index contributed by atoms with van der Waals surface area (Å²) in [5, 5.41) is 11.4. The molecule has 0 N–H and O–H groups in total. The van der Waals surface area contributed by atoms with Crippen LogP contribution in [0.2, 0.25) is 5.02 Å². The van der Waals surface area contributed by atoms with E-state index in [9.17, 15) is 10.1 Å². The van der Waals surface area contributed by atoms with E-state index in [0.29, 0.717) is 29.6 Å². The summed E-state index contributed by atoms with van der Waals surface area (Å²) in [6.45, 7) is 4.52. The van der Waals surface area contributed by atoms with E-state index in [-0.39, 0.29) is 11.8 Å². The number of halogens is 1. The Morgan fingerprint density at radius 1 is 1.24 bits per heavy atom. The van der Waals surface area contributed by atoms with E-state index in [2.05, 4.69) is 42.2 Å². The minimum Gasteiger partial charge on any atom is -0.344 e. The first-order valence-electron chi connectivity index (χ1n) is 9.69. The van der Waals surface area contributed by atoms with E-state index in [1.165, 1.54) is 5.56 Å². The molecule has 29 heavy (non-hydrogen) atoms. The number of benzene rings is 2. The minimum absolute atomic E-state index is 0.0546. The lowest BCUT2D eigenvalue weighted by Gasteiger charge is -2.42. The Labute approximate surface area is 180 Å². The molecule has 1 unspecified atom stereocenters. The molecule has 2 aliphatic rings. The predicted octanol–water partition coefficient (Wildman–Crippen LogP) is 5.43. The van der Waals surface area contributed by atoms with Gasteiger partial charge in [-0.1, -0.05) is 60.6 Å². The third-order valence-electron chi connectivity index (χ3n) is 5.60. The van der Waals surface area contributed by atoms with Crippen LogP contribution in [-0.2, 0) is 11.2 Å². The number of aryl methyl sites for hydroxylation is 2. The molecule has 2 heterocycles. The van der Waals surface area contributed by atoms with E-state index in [4.69, 9.17) is 11.6 Å². The van der Waals surface area contributed by atoms with Gasteiger partial charge in [0.2, 0.25) is 5.91 Å². The summed E-state index contributed by atoms with van der Waals surface area (Å²) in [6.07, 6.45) is 1.29. The molecule has 0 radical (unpaired) electrons. The van der Waals surface area contributed by atoms with Crippen LogP contribution in [0.1, 0.15) is 36.0 Å². The summed E-state index contributed by atoms with van der Waals surface area (Å²) < 4.78 is 0. The Morgan fingerprint density at radius 3 is 2.66 bits per heavy atom. The van der Waals surface area contributed by atoms with Crippen LogP contribution in [0.15, 0.2) is 53.1 Å². The molecule has 1 amide bonds. The normalized spacial score (nSPS) is 19.2. The lowest BCUT2D eigenvalue weighted by molar-refractivity contribution is -0.129.